The second kappa shape index (κ2) is 10.4. The van der Waals surface area contributed by atoms with E-state index in [2.05, 4.69) is 43.7 Å². The van der Waals surface area contributed by atoms with Gasteiger partial charge in [-0.2, -0.15) is 0 Å². The van der Waals surface area contributed by atoms with Crippen LogP contribution in [0.4, 0.5) is 0 Å². The highest BCUT2D eigenvalue weighted by Gasteiger charge is 2.21. The molecular formula is C24H24N4OS2. The predicted molar refractivity (Wildman–Crippen MR) is 127 cm³/mol. The lowest BCUT2D eigenvalue weighted by atomic mass is 10.1. The number of thioether (sulfide) groups is 1. The van der Waals surface area contributed by atoms with Gasteiger partial charge >= 0.3 is 0 Å². The van der Waals surface area contributed by atoms with Gasteiger partial charge in [0.25, 0.3) is 0 Å². The van der Waals surface area contributed by atoms with E-state index in [-0.39, 0.29) is 11.2 Å². The van der Waals surface area contributed by atoms with Crippen LogP contribution in [0.15, 0.2) is 83.3 Å². The minimum atomic E-state index is -0.281. The van der Waals surface area contributed by atoms with Gasteiger partial charge in [0, 0.05) is 23.5 Å². The van der Waals surface area contributed by atoms with Crippen molar-refractivity contribution in [2.45, 2.75) is 30.2 Å². The number of nitrogens with one attached hydrogen (secondary N) is 1. The van der Waals surface area contributed by atoms with Crippen molar-refractivity contribution in [3.05, 3.63) is 94.4 Å². The second-order valence-electron chi connectivity index (χ2n) is 7.11. The number of carbonyl (C=O) groups excluding carboxylic acids is 1. The van der Waals surface area contributed by atoms with Crippen LogP contribution in [0, 0.1) is 0 Å². The first-order chi connectivity index (χ1) is 15.2. The Morgan fingerprint density at radius 3 is 2.48 bits per heavy atom. The number of rotatable bonds is 9. The summed E-state index contributed by atoms with van der Waals surface area (Å²) in [7, 11) is 0. The number of hydrogen-bond acceptors (Lipinski definition) is 5. The summed E-state index contributed by atoms with van der Waals surface area (Å²) in [6.45, 7) is 2.52. The third-order valence-electron chi connectivity index (χ3n) is 4.83. The predicted octanol–water partition coefficient (Wildman–Crippen LogP) is 4.76. The van der Waals surface area contributed by atoms with E-state index in [9.17, 15) is 4.79 Å². The molecule has 1 atom stereocenters. The lowest BCUT2D eigenvalue weighted by Crippen LogP contribution is -2.32. The Balaban J connectivity index is 1.45. The summed E-state index contributed by atoms with van der Waals surface area (Å²) >= 11 is 3.14. The largest absolute Gasteiger partial charge is 0.355 e. The van der Waals surface area contributed by atoms with Crippen molar-refractivity contribution < 1.29 is 4.79 Å². The molecule has 0 spiro atoms. The highest BCUT2D eigenvalue weighted by molar-refractivity contribution is 8.00. The van der Waals surface area contributed by atoms with Crippen LogP contribution >= 0.6 is 23.1 Å². The maximum Gasteiger partial charge on any atom is 0.233 e. The first-order valence-corrected chi connectivity index (χ1v) is 12.0. The first kappa shape index (κ1) is 21.3. The number of carbonyl (C=O) groups is 1. The van der Waals surface area contributed by atoms with Gasteiger partial charge in [0.2, 0.25) is 5.91 Å². The van der Waals surface area contributed by atoms with Crippen molar-refractivity contribution in [2.24, 2.45) is 0 Å². The molecule has 0 radical (unpaired) electrons. The van der Waals surface area contributed by atoms with Crippen LogP contribution in [0.5, 0.6) is 0 Å². The van der Waals surface area contributed by atoms with Gasteiger partial charge in [-0.1, -0.05) is 66.4 Å². The second-order valence-corrected chi connectivity index (χ2v) is 9.45. The molecule has 7 heteroatoms. The topological polar surface area (TPSA) is 59.8 Å². The molecular weight excluding hydrogens is 424 g/mol. The first-order valence-electron chi connectivity index (χ1n) is 10.2. The van der Waals surface area contributed by atoms with Crippen LogP contribution < -0.4 is 5.32 Å². The average Bonchev–Trinajstić information content (AvgIpc) is 3.45. The molecule has 0 aliphatic heterocycles. The quantitative estimate of drug-likeness (QED) is 0.375. The van der Waals surface area contributed by atoms with Crippen LogP contribution in [-0.4, -0.2) is 32.5 Å². The molecule has 0 aliphatic rings. The smallest absolute Gasteiger partial charge is 0.233 e. The summed E-state index contributed by atoms with van der Waals surface area (Å²) in [5.74, 6) is 0.871. The Bertz CT molecular complexity index is 1100. The summed E-state index contributed by atoms with van der Waals surface area (Å²) in [4.78, 5) is 13.9. The molecule has 0 saturated carbocycles. The summed E-state index contributed by atoms with van der Waals surface area (Å²) in [6.07, 6.45) is 1.52. The number of para-hydroxylation sites is 1. The number of hydrogen-bond donors (Lipinski definition) is 1. The van der Waals surface area contributed by atoms with Crippen molar-refractivity contribution in [1.29, 1.82) is 0 Å². The average molecular weight is 449 g/mol. The molecule has 1 amide bonds. The lowest BCUT2D eigenvalue weighted by Gasteiger charge is -2.14. The zero-order chi connectivity index (χ0) is 21.5. The summed E-state index contributed by atoms with van der Waals surface area (Å²) in [5, 5.41) is 14.4. The fourth-order valence-corrected chi connectivity index (χ4v) is 4.84. The molecule has 2 aromatic heterocycles. The molecule has 0 aliphatic carbocycles. The molecule has 158 valence electrons. The lowest BCUT2D eigenvalue weighted by molar-refractivity contribution is -0.120. The zero-order valence-electron chi connectivity index (χ0n) is 17.3. The van der Waals surface area contributed by atoms with Crippen molar-refractivity contribution in [2.75, 3.05) is 6.54 Å². The van der Waals surface area contributed by atoms with E-state index >= 15 is 0 Å². The molecule has 0 fully saturated rings. The van der Waals surface area contributed by atoms with Gasteiger partial charge < -0.3 is 5.32 Å². The van der Waals surface area contributed by atoms with Crippen LogP contribution in [0.3, 0.4) is 0 Å². The van der Waals surface area contributed by atoms with Gasteiger partial charge in [-0.05, 0) is 42.5 Å². The Morgan fingerprint density at radius 2 is 1.77 bits per heavy atom. The van der Waals surface area contributed by atoms with Gasteiger partial charge in [0.1, 0.15) is 5.82 Å². The van der Waals surface area contributed by atoms with Crippen LogP contribution in [0.1, 0.15) is 23.2 Å². The highest BCUT2D eigenvalue weighted by atomic mass is 32.2. The minimum absolute atomic E-state index is 0.00310. The minimum Gasteiger partial charge on any atom is -0.355 e. The van der Waals surface area contributed by atoms with E-state index < -0.39 is 0 Å². The molecule has 0 saturated heterocycles. The zero-order valence-corrected chi connectivity index (χ0v) is 18.9. The molecule has 1 unspecified atom stereocenters. The van der Waals surface area contributed by atoms with Gasteiger partial charge in [-0.25, -0.2) is 0 Å². The van der Waals surface area contributed by atoms with E-state index in [1.165, 1.54) is 22.2 Å². The molecule has 1 N–H and O–H groups in total. The molecule has 5 nitrogen and oxygen atoms in total. The highest BCUT2D eigenvalue weighted by Crippen LogP contribution is 2.27. The van der Waals surface area contributed by atoms with E-state index in [1.807, 2.05) is 61.5 Å². The fourth-order valence-electron chi connectivity index (χ4n) is 3.23. The Labute approximate surface area is 190 Å². The van der Waals surface area contributed by atoms with Crippen molar-refractivity contribution >= 4 is 29.0 Å². The Hall–Kier alpha value is -2.90. The third-order valence-corrected chi connectivity index (χ3v) is 6.75. The Kier molecular flexibility index (Phi) is 7.17. The fraction of sp³-hybridized carbons (Fsp3) is 0.208. The maximum atomic E-state index is 12.7. The molecule has 0 bridgehead atoms. The summed E-state index contributed by atoms with van der Waals surface area (Å²) in [6, 6.07) is 24.4. The summed E-state index contributed by atoms with van der Waals surface area (Å²) in [5.41, 5.74) is 2.21. The van der Waals surface area contributed by atoms with Crippen molar-refractivity contribution in [1.82, 2.24) is 20.1 Å². The number of aromatic nitrogens is 3. The maximum absolute atomic E-state index is 12.7. The SMILES string of the molecule is CC(Sc1nnc(Cc2cccs2)n1-c1ccccc1)C(=O)NCCc1ccccc1. The van der Waals surface area contributed by atoms with Gasteiger partial charge in [0.05, 0.1) is 5.25 Å². The number of thiophene rings is 1. The van der Waals surface area contributed by atoms with E-state index in [1.54, 1.807) is 11.3 Å². The molecule has 2 heterocycles. The van der Waals surface area contributed by atoms with E-state index in [0.717, 1.165) is 23.1 Å². The standard InChI is InChI=1S/C24H24N4OS2/c1-18(23(29)25-15-14-19-9-4-2-5-10-19)31-24-27-26-22(17-21-13-8-16-30-21)28(24)20-11-6-3-7-12-20/h2-13,16,18H,14-15,17H2,1H3,(H,25,29). The number of amides is 1. The van der Waals surface area contributed by atoms with Gasteiger partial charge in [-0.3, -0.25) is 9.36 Å². The molecule has 4 rings (SSSR count). The Morgan fingerprint density at radius 1 is 1.03 bits per heavy atom. The monoisotopic (exact) mass is 448 g/mol. The molecule has 31 heavy (non-hydrogen) atoms. The van der Waals surface area contributed by atoms with E-state index in [4.69, 9.17) is 0 Å². The molecule has 4 aromatic rings. The van der Waals surface area contributed by atoms with Crippen LogP contribution in [0.25, 0.3) is 5.69 Å². The normalized spacial score (nSPS) is 11.9. The third kappa shape index (κ3) is 5.62. The number of benzene rings is 2. The number of nitrogens with zero attached hydrogens (tertiary/aromatic N) is 3. The summed E-state index contributed by atoms with van der Waals surface area (Å²) < 4.78 is 2.05. The molecule has 2 aromatic carbocycles. The van der Waals surface area contributed by atoms with Crippen molar-refractivity contribution in [3.8, 4) is 5.69 Å². The van der Waals surface area contributed by atoms with E-state index in [0.29, 0.717) is 13.0 Å². The van der Waals surface area contributed by atoms with Crippen LogP contribution in [0.2, 0.25) is 0 Å². The van der Waals surface area contributed by atoms with Crippen molar-refractivity contribution in [3.63, 3.8) is 0 Å². The van der Waals surface area contributed by atoms with Crippen LogP contribution in [-0.2, 0) is 17.6 Å². The van der Waals surface area contributed by atoms with Gasteiger partial charge in [-0.15, -0.1) is 21.5 Å². The van der Waals surface area contributed by atoms with Gasteiger partial charge in [0.15, 0.2) is 5.16 Å².